The first-order chi connectivity index (χ1) is 9.52. The van der Waals surface area contributed by atoms with E-state index >= 15 is 0 Å². The number of anilines is 1. The van der Waals surface area contributed by atoms with Crippen LogP contribution >= 0.6 is 0 Å². The predicted molar refractivity (Wildman–Crippen MR) is 68.2 cm³/mol. The van der Waals surface area contributed by atoms with Crippen LogP contribution < -0.4 is 4.90 Å². The zero-order valence-corrected chi connectivity index (χ0v) is 10.5. The van der Waals surface area contributed by atoms with E-state index in [1.165, 1.54) is 12.3 Å². The highest BCUT2D eigenvalue weighted by atomic mass is 16.6. The Kier molecular flexibility index (Phi) is 3.79. The fourth-order valence-corrected chi connectivity index (χ4v) is 2.39. The van der Waals surface area contributed by atoms with Crippen LogP contribution in [0.1, 0.15) is 24.8 Å². The molecular formula is C12H12N4O4. The number of hydrogen-bond acceptors (Lipinski definition) is 6. The lowest BCUT2D eigenvalue weighted by atomic mass is 10.1. The number of hydrogen-bond donors (Lipinski definition) is 1. The van der Waals surface area contributed by atoms with Crippen LogP contribution in [0.25, 0.3) is 0 Å². The number of aromatic nitrogens is 1. The first-order valence-electron chi connectivity index (χ1n) is 6.06. The molecule has 0 aromatic carbocycles. The molecule has 0 radical (unpaired) electrons. The van der Waals surface area contributed by atoms with Crippen molar-refractivity contribution in [3.63, 3.8) is 0 Å². The lowest BCUT2D eigenvalue weighted by Gasteiger charge is -2.24. The van der Waals surface area contributed by atoms with Crippen molar-refractivity contribution < 1.29 is 14.8 Å². The summed E-state index contributed by atoms with van der Waals surface area (Å²) in [5.41, 5.74) is -0.157. The number of carboxylic acids is 1. The molecule has 1 N–H and O–H groups in total. The minimum absolute atomic E-state index is 0.0845. The second-order valence-electron chi connectivity index (χ2n) is 4.52. The van der Waals surface area contributed by atoms with Gasteiger partial charge in [-0.1, -0.05) is 0 Å². The monoisotopic (exact) mass is 276 g/mol. The molecule has 2 heterocycles. The Hall–Kier alpha value is -2.69. The van der Waals surface area contributed by atoms with Crippen LogP contribution in [0.15, 0.2) is 12.3 Å². The number of carboxylic acid groups (broad SMARTS) is 1. The first-order valence-corrected chi connectivity index (χ1v) is 6.06. The third-order valence-electron chi connectivity index (χ3n) is 3.23. The minimum atomic E-state index is -0.946. The van der Waals surface area contributed by atoms with E-state index in [9.17, 15) is 14.9 Å². The second kappa shape index (κ2) is 5.52. The summed E-state index contributed by atoms with van der Waals surface area (Å²) in [5, 5.41) is 28.7. The van der Waals surface area contributed by atoms with Crippen molar-refractivity contribution in [2.75, 3.05) is 11.4 Å². The number of nitro groups is 1. The normalized spacial score (nSPS) is 17.8. The van der Waals surface area contributed by atoms with E-state index in [4.69, 9.17) is 10.4 Å². The highest BCUT2D eigenvalue weighted by Crippen LogP contribution is 2.33. The van der Waals surface area contributed by atoms with E-state index in [1.54, 1.807) is 11.0 Å². The Morgan fingerprint density at radius 3 is 3.05 bits per heavy atom. The number of pyridine rings is 1. The molecule has 8 nitrogen and oxygen atoms in total. The van der Waals surface area contributed by atoms with Gasteiger partial charge < -0.3 is 10.0 Å². The van der Waals surface area contributed by atoms with E-state index < -0.39 is 10.9 Å². The van der Waals surface area contributed by atoms with E-state index in [1.807, 2.05) is 0 Å². The maximum Gasteiger partial charge on any atom is 0.312 e. The largest absolute Gasteiger partial charge is 0.481 e. The fraction of sp³-hybridized carbons (Fsp3) is 0.417. The van der Waals surface area contributed by atoms with Crippen LogP contribution in [0, 0.1) is 21.4 Å². The van der Waals surface area contributed by atoms with Gasteiger partial charge in [0, 0.05) is 24.8 Å². The van der Waals surface area contributed by atoms with Gasteiger partial charge in [-0.05, 0) is 12.8 Å². The van der Waals surface area contributed by atoms with Gasteiger partial charge in [0.2, 0.25) is 5.82 Å². The van der Waals surface area contributed by atoms with Gasteiger partial charge in [0.1, 0.15) is 6.07 Å². The molecule has 0 aliphatic carbocycles. The zero-order valence-electron chi connectivity index (χ0n) is 10.5. The quantitative estimate of drug-likeness (QED) is 0.649. The molecule has 0 amide bonds. The summed E-state index contributed by atoms with van der Waals surface area (Å²) in [4.78, 5) is 26.9. The van der Waals surface area contributed by atoms with Gasteiger partial charge >= 0.3 is 11.7 Å². The smallest absolute Gasteiger partial charge is 0.312 e. The van der Waals surface area contributed by atoms with Gasteiger partial charge in [-0.3, -0.25) is 14.9 Å². The van der Waals surface area contributed by atoms with Crippen LogP contribution in [0.4, 0.5) is 11.5 Å². The summed E-state index contributed by atoms with van der Waals surface area (Å²) in [5.74, 6) is -0.809. The van der Waals surface area contributed by atoms with Crippen molar-refractivity contribution in [1.29, 1.82) is 5.26 Å². The van der Waals surface area contributed by atoms with Crippen LogP contribution in [-0.2, 0) is 4.79 Å². The summed E-state index contributed by atoms with van der Waals surface area (Å²) in [6.07, 6.45) is 2.60. The minimum Gasteiger partial charge on any atom is -0.481 e. The molecule has 1 aliphatic rings. The number of nitrogens with zero attached hydrogens (tertiary/aromatic N) is 4. The van der Waals surface area contributed by atoms with Crippen LogP contribution in [0.5, 0.6) is 0 Å². The Balaban J connectivity index is 2.38. The average Bonchev–Trinajstić information content (AvgIpc) is 2.85. The number of nitriles is 1. The fourth-order valence-electron chi connectivity index (χ4n) is 2.39. The van der Waals surface area contributed by atoms with Crippen molar-refractivity contribution in [3.8, 4) is 6.07 Å². The lowest BCUT2D eigenvalue weighted by molar-refractivity contribution is -0.384. The Morgan fingerprint density at radius 2 is 2.45 bits per heavy atom. The molecule has 1 unspecified atom stereocenters. The van der Waals surface area contributed by atoms with Crippen molar-refractivity contribution in [2.45, 2.75) is 25.3 Å². The van der Waals surface area contributed by atoms with Crippen LogP contribution in [0.2, 0.25) is 0 Å². The molecule has 1 aliphatic heterocycles. The van der Waals surface area contributed by atoms with Gasteiger partial charge in [-0.2, -0.15) is 5.26 Å². The van der Waals surface area contributed by atoms with Gasteiger partial charge in [-0.15, -0.1) is 0 Å². The second-order valence-corrected chi connectivity index (χ2v) is 4.52. The third kappa shape index (κ3) is 2.66. The highest BCUT2D eigenvalue weighted by molar-refractivity contribution is 5.69. The molecule has 2 rings (SSSR count). The van der Waals surface area contributed by atoms with Gasteiger partial charge in [0.05, 0.1) is 16.9 Å². The van der Waals surface area contributed by atoms with Gasteiger partial charge in [-0.25, -0.2) is 4.98 Å². The SMILES string of the molecule is N#Cc1cnc(N2CCCC2CC(=O)O)c([N+](=O)[O-])c1. The average molecular weight is 276 g/mol. The third-order valence-corrected chi connectivity index (χ3v) is 3.23. The molecule has 1 aromatic heterocycles. The highest BCUT2D eigenvalue weighted by Gasteiger charge is 2.32. The lowest BCUT2D eigenvalue weighted by Crippen LogP contribution is -2.32. The Bertz CT molecular complexity index is 596. The van der Waals surface area contributed by atoms with Crippen molar-refractivity contribution in [2.24, 2.45) is 0 Å². The molecule has 1 aromatic rings. The zero-order chi connectivity index (χ0) is 14.7. The summed E-state index contributed by atoms with van der Waals surface area (Å²) in [6, 6.07) is 2.67. The van der Waals surface area contributed by atoms with E-state index in [2.05, 4.69) is 4.98 Å². The summed E-state index contributed by atoms with van der Waals surface area (Å²) < 4.78 is 0. The van der Waals surface area contributed by atoms with Crippen molar-refractivity contribution >= 4 is 17.5 Å². The number of carbonyl (C=O) groups is 1. The maximum absolute atomic E-state index is 11.1. The molecule has 1 saturated heterocycles. The standard InChI is InChI=1S/C12H12N4O4/c13-6-8-4-10(16(19)20)12(14-7-8)15-3-1-2-9(15)5-11(17)18/h4,7,9H,1-3,5H2,(H,17,18). The predicted octanol–water partition coefficient (Wildman–Crippen LogP) is 1.30. The maximum atomic E-state index is 11.1. The summed E-state index contributed by atoms with van der Waals surface area (Å²) in [7, 11) is 0. The molecule has 8 heteroatoms. The molecule has 1 fully saturated rings. The summed E-state index contributed by atoms with van der Waals surface area (Å²) in [6.45, 7) is 0.525. The number of aliphatic carboxylic acids is 1. The van der Waals surface area contributed by atoms with Gasteiger partial charge in [0.25, 0.3) is 0 Å². The molecule has 0 saturated carbocycles. The molecule has 0 bridgehead atoms. The van der Waals surface area contributed by atoms with Crippen molar-refractivity contribution in [1.82, 2.24) is 4.98 Å². The first kappa shape index (κ1) is 13.7. The topological polar surface area (TPSA) is 120 Å². The molecule has 104 valence electrons. The Morgan fingerprint density at radius 1 is 1.70 bits per heavy atom. The van der Waals surface area contributed by atoms with Gasteiger partial charge in [0.15, 0.2) is 0 Å². The van der Waals surface area contributed by atoms with Crippen LogP contribution in [-0.4, -0.2) is 33.6 Å². The summed E-state index contributed by atoms with van der Waals surface area (Å²) >= 11 is 0. The molecule has 0 spiro atoms. The molecule has 1 atom stereocenters. The van der Waals surface area contributed by atoms with Crippen molar-refractivity contribution in [3.05, 3.63) is 27.9 Å². The van der Waals surface area contributed by atoms with E-state index in [0.29, 0.717) is 13.0 Å². The molecular weight excluding hydrogens is 264 g/mol. The number of rotatable bonds is 4. The van der Waals surface area contributed by atoms with E-state index in [-0.39, 0.29) is 29.5 Å². The molecule has 20 heavy (non-hydrogen) atoms. The Labute approximate surface area is 114 Å². The van der Waals surface area contributed by atoms with Crippen LogP contribution in [0.3, 0.4) is 0 Å². The van der Waals surface area contributed by atoms with E-state index in [0.717, 1.165) is 6.42 Å².